The molecule has 0 aliphatic rings. The van der Waals surface area contributed by atoms with Gasteiger partial charge in [0.25, 0.3) is 0 Å². The second kappa shape index (κ2) is 7.17. The van der Waals surface area contributed by atoms with Crippen LogP contribution in [0.2, 0.25) is 0 Å². The van der Waals surface area contributed by atoms with Crippen LogP contribution in [0.25, 0.3) is 0 Å². The summed E-state index contributed by atoms with van der Waals surface area (Å²) in [5.41, 5.74) is 1.36. The normalized spacial score (nSPS) is 11.2. The predicted molar refractivity (Wildman–Crippen MR) is 77.7 cm³/mol. The van der Waals surface area contributed by atoms with Crippen molar-refractivity contribution in [3.8, 4) is 0 Å². The van der Waals surface area contributed by atoms with Gasteiger partial charge in [0.2, 0.25) is 0 Å². The van der Waals surface area contributed by atoms with Crippen LogP contribution in [-0.4, -0.2) is 43.9 Å². The maximum Gasteiger partial charge on any atom is 0.178 e. The van der Waals surface area contributed by atoms with Crippen molar-refractivity contribution in [1.29, 1.82) is 0 Å². The topological polar surface area (TPSA) is 6.25 Å². The van der Waals surface area contributed by atoms with Crippen molar-refractivity contribution in [3.63, 3.8) is 0 Å². The zero-order valence-electron chi connectivity index (χ0n) is 11.1. The molecule has 92 valence electrons. The fourth-order valence-corrected chi connectivity index (χ4v) is 2.45. The Bertz CT molecular complexity index is 390. The summed E-state index contributed by atoms with van der Waals surface area (Å²) in [6.45, 7) is 0. The van der Waals surface area contributed by atoms with Crippen LogP contribution in [-0.2, 0) is 5.75 Å². The molecule has 3 heteroatoms. The van der Waals surface area contributed by atoms with Crippen LogP contribution in [0.1, 0.15) is 5.56 Å². The van der Waals surface area contributed by atoms with Crippen LogP contribution in [0, 0.1) is 0 Å². The highest BCUT2D eigenvalue weighted by atomic mass is 32.2. The Hall–Kier alpha value is -1.22. The third-order valence-corrected chi connectivity index (χ3v) is 3.04. The van der Waals surface area contributed by atoms with Crippen LogP contribution in [0.15, 0.2) is 41.4 Å². The minimum atomic E-state index is 1.00. The lowest BCUT2D eigenvalue weighted by atomic mass is 10.2. The van der Waals surface area contributed by atoms with E-state index in [9.17, 15) is 0 Å². The molecule has 17 heavy (non-hydrogen) atoms. The first-order chi connectivity index (χ1) is 8.08. The highest BCUT2D eigenvalue weighted by molar-refractivity contribution is 8.03. The number of hydrogen-bond donors (Lipinski definition) is 0. The molecule has 1 aromatic rings. The van der Waals surface area contributed by atoms with Gasteiger partial charge in [-0.05, 0) is 5.56 Å². The Morgan fingerprint density at radius 3 is 2.41 bits per heavy atom. The summed E-state index contributed by atoms with van der Waals surface area (Å²) in [5.74, 6) is 1.00. The second-order valence-corrected chi connectivity index (χ2v) is 5.41. The summed E-state index contributed by atoms with van der Waals surface area (Å²) in [4.78, 5) is 3.34. The number of rotatable bonds is 5. The number of thioether (sulfide) groups is 1. The van der Waals surface area contributed by atoms with Gasteiger partial charge < -0.3 is 4.90 Å². The molecule has 0 aliphatic heterocycles. The Labute approximate surface area is 109 Å². The van der Waals surface area contributed by atoms with Gasteiger partial charge in [0, 0.05) is 26.0 Å². The SMILES string of the molecule is CN(C)/C=C(/C=[N+](C)C)SCc1ccccc1. The average molecular weight is 249 g/mol. The Kier molecular flexibility index (Phi) is 5.84. The molecule has 0 bridgehead atoms. The number of benzene rings is 1. The van der Waals surface area contributed by atoms with Crippen molar-refractivity contribution in [1.82, 2.24) is 4.90 Å². The first-order valence-electron chi connectivity index (χ1n) is 5.64. The monoisotopic (exact) mass is 249 g/mol. The van der Waals surface area contributed by atoms with E-state index >= 15 is 0 Å². The molecule has 0 aliphatic carbocycles. The predicted octanol–water partition coefficient (Wildman–Crippen LogP) is 2.67. The van der Waals surface area contributed by atoms with E-state index in [-0.39, 0.29) is 0 Å². The quantitative estimate of drug-likeness (QED) is 0.584. The van der Waals surface area contributed by atoms with E-state index in [1.807, 2.05) is 40.0 Å². The van der Waals surface area contributed by atoms with Gasteiger partial charge in [0.15, 0.2) is 6.21 Å². The molecule has 0 spiro atoms. The molecule has 1 aromatic carbocycles. The van der Waals surface area contributed by atoms with Crippen molar-refractivity contribution >= 4 is 18.0 Å². The summed E-state index contributed by atoms with van der Waals surface area (Å²) >= 11 is 1.85. The molecule has 0 atom stereocenters. The third-order valence-electron chi connectivity index (χ3n) is 2.02. The molecular weight excluding hydrogens is 228 g/mol. The molecular formula is C14H21N2S+. The fraction of sp³-hybridized carbons (Fsp3) is 0.357. The molecule has 0 amide bonds. The smallest absolute Gasteiger partial charge is 0.178 e. The molecule has 0 radical (unpaired) electrons. The highest BCUT2D eigenvalue weighted by Gasteiger charge is 2.01. The maximum absolute atomic E-state index is 2.16. The Morgan fingerprint density at radius 1 is 1.24 bits per heavy atom. The second-order valence-electron chi connectivity index (χ2n) is 4.36. The van der Waals surface area contributed by atoms with Crippen LogP contribution < -0.4 is 0 Å². The van der Waals surface area contributed by atoms with Gasteiger partial charge in [-0.1, -0.05) is 30.3 Å². The summed E-state index contributed by atoms with van der Waals surface area (Å²) in [5, 5.41) is 0. The lowest BCUT2D eigenvalue weighted by Gasteiger charge is -2.07. The summed E-state index contributed by atoms with van der Waals surface area (Å²) in [6.07, 6.45) is 4.29. The van der Waals surface area contributed by atoms with E-state index in [1.54, 1.807) is 0 Å². The minimum absolute atomic E-state index is 1.00. The fourth-order valence-electron chi connectivity index (χ4n) is 1.36. The molecule has 0 saturated heterocycles. The molecule has 0 heterocycles. The zero-order chi connectivity index (χ0) is 12.7. The molecule has 0 unspecified atom stereocenters. The van der Waals surface area contributed by atoms with E-state index in [1.165, 1.54) is 10.5 Å². The minimum Gasteiger partial charge on any atom is -0.382 e. The Morgan fingerprint density at radius 2 is 1.88 bits per heavy atom. The molecule has 0 saturated carbocycles. The summed E-state index contributed by atoms with van der Waals surface area (Å²) < 4.78 is 2.08. The van der Waals surface area contributed by atoms with Crippen molar-refractivity contribution in [2.75, 3.05) is 28.2 Å². The van der Waals surface area contributed by atoms with Crippen LogP contribution in [0.4, 0.5) is 0 Å². The van der Waals surface area contributed by atoms with Crippen molar-refractivity contribution in [2.45, 2.75) is 5.75 Å². The number of allylic oxidation sites excluding steroid dienone is 1. The maximum atomic E-state index is 2.16. The molecule has 0 fully saturated rings. The largest absolute Gasteiger partial charge is 0.382 e. The van der Waals surface area contributed by atoms with E-state index in [4.69, 9.17) is 0 Å². The van der Waals surface area contributed by atoms with Gasteiger partial charge in [-0.3, -0.25) is 0 Å². The lowest BCUT2D eigenvalue weighted by molar-refractivity contribution is -0.458. The van der Waals surface area contributed by atoms with Gasteiger partial charge in [-0.25, -0.2) is 4.58 Å². The van der Waals surface area contributed by atoms with E-state index in [0.29, 0.717) is 0 Å². The number of hydrogen-bond acceptors (Lipinski definition) is 2. The van der Waals surface area contributed by atoms with E-state index in [0.717, 1.165) is 5.75 Å². The summed E-state index contributed by atoms with van der Waals surface area (Å²) in [6, 6.07) is 10.5. The van der Waals surface area contributed by atoms with Gasteiger partial charge in [0.05, 0.1) is 4.91 Å². The summed E-state index contributed by atoms with van der Waals surface area (Å²) in [7, 11) is 8.19. The van der Waals surface area contributed by atoms with Gasteiger partial charge in [-0.2, -0.15) is 0 Å². The van der Waals surface area contributed by atoms with E-state index in [2.05, 4.69) is 52.2 Å². The molecule has 1 rings (SSSR count). The first kappa shape index (κ1) is 13.8. The van der Waals surface area contributed by atoms with Crippen LogP contribution in [0.3, 0.4) is 0 Å². The molecule has 0 N–H and O–H groups in total. The van der Waals surface area contributed by atoms with Gasteiger partial charge in [0.1, 0.15) is 14.1 Å². The van der Waals surface area contributed by atoms with Crippen molar-refractivity contribution in [2.24, 2.45) is 0 Å². The van der Waals surface area contributed by atoms with Gasteiger partial charge in [-0.15, -0.1) is 11.8 Å². The van der Waals surface area contributed by atoms with Crippen LogP contribution >= 0.6 is 11.8 Å². The molecule has 2 nitrogen and oxygen atoms in total. The average Bonchev–Trinajstić information content (AvgIpc) is 2.26. The van der Waals surface area contributed by atoms with E-state index < -0.39 is 0 Å². The third kappa shape index (κ3) is 6.17. The lowest BCUT2D eigenvalue weighted by Crippen LogP contribution is -2.06. The zero-order valence-corrected chi connectivity index (χ0v) is 11.9. The van der Waals surface area contributed by atoms with Crippen molar-refractivity contribution in [3.05, 3.63) is 47.0 Å². The van der Waals surface area contributed by atoms with Gasteiger partial charge >= 0.3 is 0 Å². The van der Waals surface area contributed by atoms with Crippen molar-refractivity contribution < 1.29 is 4.58 Å². The highest BCUT2D eigenvalue weighted by Crippen LogP contribution is 2.19. The number of nitrogens with zero attached hydrogens (tertiary/aromatic N) is 2. The van der Waals surface area contributed by atoms with Crippen LogP contribution in [0.5, 0.6) is 0 Å². The Balaban J connectivity index is 2.65. The first-order valence-corrected chi connectivity index (χ1v) is 6.63. The standard InChI is InChI=1S/C14H21N2S/c1-15(2)10-14(11-16(3)4)17-12-13-8-6-5-7-9-13/h5-11H,12H2,1-4H3/q+1. The molecule has 0 aromatic heterocycles.